The summed E-state index contributed by atoms with van der Waals surface area (Å²) in [4.78, 5) is 18.6. The maximum atomic E-state index is 13.8. The van der Waals surface area contributed by atoms with Crippen molar-refractivity contribution in [3.05, 3.63) is 89.4 Å². The van der Waals surface area contributed by atoms with Crippen LogP contribution in [0.5, 0.6) is 11.5 Å². The second kappa shape index (κ2) is 10.4. The fourth-order valence-corrected chi connectivity index (χ4v) is 8.54. The summed E-state index contributed by atoms with van der Waals surface area (Å²) in [6.07, 6.45) is 11.5. The Kier molecular flexibility index (Phi) is 6.69. The summed E-state index contributed by atoms with van der Waals surface area (Å²) in [6, 6.07) is 16.7. The number of benzene rings is 2. The van der Waals surface area contributed by atoms with Gasteiger partial charge in [0.25, 0.3) is 0 Å². The van der Waals surface area contributed by atoms with E-state index in [4.69, 9.17) is 9.15 Å². The molecule has 6 nitrogen and oxygen atoms in total. The number of piperidine rings is 1. The van der Waals surface area contributed by atoms with Crippen LogP contribution in [0.2, 0.25) is 0 Å². The summed E-state index contributed by atoms with van der Waals surface area (Å²) in [5.41, 5.74) is 4.38. The molecule has 1 N–H and O–H groups in total. The number of likely N-dealkylation sites (tertiary alicyclic amines) is 1. The molecule has 1 aromatic heterocycles. The van der Waals surface area contributed by atoms with Crippen LogP contribution >= 0.6 is 0 Å². The van der Waals surface area contributed by atoms with E-state index in [1.807, 2.05) is 24.3 Å². The average Bonchev–Trinajstić information content (AvgIpc) is 3.61. The number of nitrogens with zero attached hydrogens (tertiary/aromatic N) is 2. The van der Waals surface area contributed by atoms with Crippen LogP contribution in [0.25, 0.3) is 6.08 Å². The van der Waals surface area contributed by atoms with Crippen LogP contribution < -0.4 is 4.74 Å². The first-order valence-electron chi connectivity index (χ1n) is 15.3. The summed E-state index contributed by atoms with van der Waals surface area (Å²) in [5.74, 6) is 2.11. The van der Waals surface area contributed by atoms with Crippen LogP contribution in [0.1, 0.15) is 55.4 Å². The van der Waals surface area contributed by atoms with E-state index < -0.39 is 0 Å². The van der Waals surface area contributed by atoms with E-state index in [1.54, 1.807) is 18.6 Å². The number of ether oxygens (including phenoxy) is 1. The van der Waals surface area contributed by atoms with Crippen LogP contribution in [0.4, 0.5) is 0 Å². The lowest BCUT2D eigenvalue weighted by molar-refractivity contribution is -0.138. The van der Waals surface area contributed by atoms with Gasteiger partial charge in [-0.1, -0.05) is 44.2 Å². The zero-order valence-electron chi connectivity index (χ0n) is 24.0. The minimum atomic E-state index is -0.178. The van der Waals surface area contributed by atoms with Crippen LogP contribution in [0.15, 0.2) is 71.6 Å². The molecule has 3 aromatic rings. The minimum absolute atomic E-state index is 0.0211. The molecule has 7 rings (SSSR count). The molecule has 4 aliphatic rings. The van der Waals surface area contributed by atoms with E-state index >= 15 is 0 Å². The Bertz CT molecular complexity index is 1430. The molecule has 0 radical (unpaired) electrons. The lowest BCUT2D eigenvalue weighted by Gasteiger charge is -2.60. The predicted octanol–water partition coefficient (Wildman–Crippen LogP) is 5.83. The van der Waals surface area contributed by atoms with Gasteiger partial charge in [-0.05, 0) is 80.3 Å². The highest BCUT2D eigenvalue weighted by Gasteiger charge is 2.66. The Balaban J connectivity index is 1.23. The third kappa shape index (κ3) is 4.39. The molecule has 3 heterocycles. The molecule has 1 spiro atoms. The zero-order chi connectivity index (χ0) is 28.1. The second-order valence-corrected chi connectivity index (χ2v) is 12.8. The van der Waals surface area contributed by atoms with Crippen LogP contribution in [-0.2, 0) is 23.1 Å². The molecule has 41 heavy (non-hydrogen) atoms. The van der Waals surface area contributed by atoms with Crippen LogP contribution in [-0.4, -0.2) is 58.6 Å². The molecular formula is C35H40N2O4. The number of furan rings is 1. The van der Waals surface area contributed by atoms with Gasteiger partial charge in [0.05, 0.1) is 18.6 Å². The van der Waals surface area contributed by atoms with Crippen molar-refractivity contribution in [1.82, 2.24) is 9.80 Å². The first-order valence-corrected chi connectivity index (χ1v) is 15.3. The van der Waals surface area contributed by atoms with Crippen molar-refractivity contribution in [2.75, 3.05) is 19.6 Å². The van der Waals surface area contributed by atoms with Crippen molar-refractivity contribution in [3.8, 4) is 11.5 Å². The maximum absolute atomic E-state index is 13.8. The van der Waals surface area contributed by atoms with E-state index in [2.05, 4.69) is 54.0 Å². The van der Waals surface area contributed by atoms with Crippen LogP contribution in [0, 0.1) is 11.8 Å². The maximum Gasteiger partial charge on any atom is 0.246 e. The minimum Gasteiger partial charge on any atom is -0.508 e. The Labute approximate surface area is 242 Å². The van der Waals surface area contributed by atoms with Gasteiger partial charge in [0.2, 0.25) is 5.91 Å². The SMILES string of the molecule is CC(C)CN(C(=O)C=Cc1ccoc1)[C@H]1CC[C@H]2[C@H]3Cc4c(O)ccc5c4[C@@]2(CCN3CCc2ccccc2)[C@@H]1O5. The molecule has 1 saturated heterocycles. The van der Waals surface area contributed by atoms with Crippen molar-refractivity contribution in [2.45, 2.75) is 69.6 Å². The van der Waals surface area contributed by atoms with Gasteiger partial charge < -0.3 is 19.2 Å². The van der Waals surface area contributed by atoms with Crippen LogP contribution in [0.3, 0.4) is 0 Å². The topological polar surface area (TPSA) is 66.2 Å². The highest BCUT2D eigenvalue weighted by Crippen LogP contribution is 2.63. The highest BCUT2D eigenvalue weighted by molar-refractivity contribution is 5.92. The van der Waals surface area contributed by atoms with Crippen molar-refractivity contribution in [1.29, 1.82) is 0 Å². The molecule has 214 valence electrons. The quantitative estimate of drug-likeness (QED) is 0.356. The van der Waals surface area contributed by atoms with Crippen molar-refractivity contribution in [3.63, 3.8) is 0 Å². The third-order valence-electron chi connectivity index (χ3n) is 10.2. The van der Waals surface area contributed by atoms with E-state index in [0.717, 1.165) is 62.1 Å². The number of phenolic OH excluding ortho intramolecular Hbond substituents is 1. The number of aromatic hydroxyl groups is 1. The third-order valence-corrected chi connectivity index (χ3v) is 10.2. The molecule has 1 amide bonds. The molecule has 5 atom stereocenters. The lowest BCUT2D eigenvalue weighted by atomic mass is 9.50. The van der Waals surface area contributed by atoms with Gasteiger partial charge in [-0.3, -0.25) is 9.69 Å². The van der Waals surface area contributed by atoms with Gasteiger partial charge in [0.1, 0.15) is 17.6 Å². The van der Waals surface area contributed by atoms with Gasteiger partial charge in [0.15, 0.2) is 0 Å². The Morgan fingerprint density at radius 3 is 2.80 bits per heavy atom. The zero-order valence-corrected chi connectivity index (χ0v) is 24.0. The molecule has 2 bridgehead atoms. The Morgan fingerprint density at radius 1 is 1.17 bits per heavy atom. The standard InChI is InChI=1S/C35H40N2O4/c1-23(2)21-37(32(39)13-8-25-15-19-40-22-25)28-10-9-27-29-20-26-30(38)11-12-31-33(26)35(27,34(28)41-31)16-18-36(29)17-14-24-6-4-3-5-7-24/h3-8,11-13,15,19,22-23,27-29,34,38H,9-10,14,16-18,20-21H2,1-2H3/t27-,28-,29+,34+,35-/m0/s1. The van der Waals surface area contributed by atoms with E-state index in [0.29, 0.717) is 30.2 Å². The smallest absolute Gasteiger partial charge is 0.246 e. The predicted molar refractivity (Wildman–Crippen MR) is 159 cm³/mol. The largest absolute Gasteiger partial charge is 0.508 e. The fraction of sp³-hybridized carbons (Fsp3) is 0.457. The molecule has 0 unspecified atom stereocenters. The van der Waals surface area contributed by atoms with Gasteiger partial charge >= 0.3 is 0 Å². The summed E-state index contributed by atoms with van der Waals surface area (Å²) in [7, 11) is 0. The Morgan fingerprint density at radius 2 is 2.02 bits per heavy atom. The molecule has 2 aliphatic carbocycles. The number of phenols is 1. The monoisotopic (exact) mass is 552 g/mol. The number of hydrogen-bond donors (Lipinski definition) is 1. The van der Waals surface area contributed by atoms with E-state index in [1.165, 1.54) is 11.1 Å². The lowest BCUT2D eigenvalue weighted by Crippen LogP contribution is -2.69. The molecule has 2 aromatic carbocycles. The molecule has 6 heteroatoms. The van der Waals surface area contributed by atoms with Gasteiger partial charge in [-0.2, -0.15) is 0 Å². The number of amides is 1. The first kappa shape index (κ1) is 26.4. The summed E-state index contributed by atoms with van der Waals surface area (Å²) in [6.45, 7) is 7.05. The van der Waals surface area contributed by atoms with Crippen molar-refractivity contribution >= 4 is 12.0 Å². The molecule has 1 saturated carbocycles. The van der Waals surface area contributed by atoms with Gasteiger partial charge in [-0.15, -0.1) is 0 Å². The van der Waals surface area contributed by atoms with E-state index in [-0.39, 0.29) is 23.5 Å². The normalized spacial score (nSPS) is 28.1. The fourth-order valence-electron chi connectivity index (χ4n) is 8.54. The second-order valence-electron chi connectivity index (χ2n) is 12.8. The average molecular weight is 553 g/mol. The first-order chi connectivity index (χ1) is 20.0. The molecule has 2 aliphatic heterocycles. The summed E-state index contributed by atoms with van der Waals surface area (Å²) in [5, 5.41) is 11.1. The van der Waals surface area contributed by atoms with E-state index in [9.17, 15) is 9.90 Å². The Hall–Kier alpha value is -3.51. The number of hydrogen-bond acceptors (Lipinski definition) is 5. The number of rotatable bonds is 8. The summed E-state index contributed by atoms with van der Waals surface area (Å²) < 4.78 is 12.1. The molecular weight excluding hydrogens is 512 g/mol. The van der Waals surface area contributed by atoms with Crippen molar-refractivity contribution in [2.24, 2.45) is 11.8 Å². The number of carbonyl (C=O) groups excluding carboxylic acids is 1. The molecule has 2 fully saturated rings. The summed E-state index contributed by atoms with van der Waals surface area (Å²) >= 11 is 0. The van der Waals surface area contributed by atoms with Gasteiger partial charge in [0, 0.05) is 47.3 Å². The van der Waals surface area contributed by atoms with Crippen molar-refractivity contribution < 1.29 is 19.1 Å². The highest BCUT2D eigenvalue weighted by atomic mass is 16.5. The van der Waals surface area contributed by atoms with Gasteiger partial charge in [-0.25, -0.2) is 0 Å². The number of carbonyl (C=O) groups is 1.